The number of benzene rings is 1. The minimum atomic E-state index is -0.643. The number of methoxy groups -OCH3 is 1. The number of rotatable bonds is 3. The molecule has 0 aliphatic rings. The van der Waals surface area contributed by atoms with Gasteiger partial charge in [0.05, 0.1) is 13.3 Å². The van der Waals surface area contributed by atoms with E-state index in [2.05, 4.69) is 25.0 Å². The zero-order valence-corrected chi connectivity index (χ0v) is 11.5. The Bertz CT molecular complexity index is 834. The fourth-order valence-corrected chi connectivity index (χ4v) is 1.81. The quantitative estimate of drug-likeness (QED) is 0.776. The molecule has 0 unspecified atom stereocenters. The Labute approximate surface area is 124 Å². The van der Waals surface area contributed by atoms with Crippen LogP contribution in [0.5, 0.6) is 11.5 Å². The molecule has 0 bridgehead atoms. The minimum Gasteiger partial charge on any atom is -0.456 e. The van der Waals surface area contributed by atoms with E-state index >= 15 is 0 Å². The maximum absolute atomic E-state index is 13.1. The van der Waals surface area contributed by atoms with E-state index in [0.29, 0.717) is 22.7 Å². The van der Waals surface area contributed by atoms with E-state index in [0.717, 1.165) is 0 Å². The third kappa shape index (κ3) is 2.95. The van der Waals surface area contributed by atoms with Crippen molar-refractivity contribution in [1.29, 1.82) is 0 Å². The number of nitrogens with one attached hydrogen (secondary N) is 2. The molecular weight excluding hydrogens is 291 g/mol. The fourth-order valence-electron chi connectivity index (χ4n) is 1.81. The molecule has 0 spiro atoms. The number of aromatic nitrogens is 3. The van der Waals surface area contributed by atoms with Crippen LogP contribution in [0.25, 0.3) is 11.2 Å². The standard InChI is InChI=1S/C14H11FN4O3/c1-21-14(20)19-13-17-11-6-10(7-16-12(11)18-13)22-9-4-2-3-8(15)5-9/h2-7H,1H3,(H2,16,17,18,19,20). The van der Waals surface area contributed by atoms with Gasteiger partial charge < -0.3 is 14.5 Å². The van der Waals surface area contributed by atoms with Crippen molar-refractivity contribution in [3.05, 3.63) is 42.3 Å². The van der Waals surface area contributed by atoms with Crippen molar-refractivity contribution in [1.82, 2.24) is 15.0 Å². The summed E-state index contributed by atoms with van der Waals surface area (Å²) in [7, 11) is 1.25. The number of nitrogens with zero attached hydrogens (tertiary/aromatic N) is 2. The van der Waals surface area contributed by atoms with E-state index < -0.39 is 11.9 Å². The van der Waals surface area contributed by atoms with Crippen LogP contribution in [0.1, 0.15) is 0 Å². The molecule has 8 heteroatoms. The van der Waals surface area contributed by atoms with Crippen LogP contribution in [0.3, 0.4) is 0 Å². The normalized spacial score (nSPS) is 10.5. The highest BCUT2D eigenvalue weighted by molar-refractivity contribution is 5.85. The number of imidazole rings is 1. The lowest BCUT2D eigenvalue weighted by Crippen LogP contribution is -2.11. The number of hydrogen-bond donors (Lipinski definition) is 2. The second-order valence-corrected chi connectivity index (χ2v) is 4.30. The Balaban J connectivity index is 1.84. The number of halogens is 1. The molecule has 0 aliphatic carbocycles. The van der Waals surface area contributed by atoms with Gasteiger partial charge in [0, 0.05) is 12.1 Å². The van der Waals surface area contributed by atoms with Crippen molar-refractivity contribution in [3.63, 3.8) is 0 Å². The van der Waals surface area contributed by atoms with Crippen LogP contribution in [-0.2, 0) is 4.74 Å². The third-order valence-electron chi connectivity index (χ3n) is 2.75. The van der Waals surface area contributed by atoms with Crippen molar-refractivity contribution >= 4 is 23.2 Å². The smallest absolute Gasteiger partial charge is 0.413 e. The van der Waals surface area contributed by atoms with Crippen molar-refractivity contribution in [3.8, 4) is 11.5 Å². The molecule has 3 aromatic rings. The Morgan fingerprint density at radius 3 is 2.95 bits per heavy atom. The van der Waals surface area contributed by atoms with Crippen molar-refractivity contribution in [2.75, 3.05) is 12.4 Å². The molecule has 0 saturated carbocycles. The molecule has 0 saturated heterocycles. The molecule has 2 aromatic heterocycles. The van der Waals surface area contributed by atoms with E-state index in [1.807, 2.05) is 0 Å². The molecule has 112 valence electrons. The number of H-pyrrole nitrogens is 1. The Morgan fingerprint density at radius 2 is 2.18 bits per heavy atom. The van der Waals surface area contributed by atoms with Gasteiger partial charge in [-0.05, 0) is 12.1 Å². The van der Waals surface area contributed by atoms with E-state index in [4.69, 9.17) is 4.74 Å². The third-order valence-corrected chi connectivity index (χ3v) is 2.75. The van der Waals surface area contributed by atoms with Crippen LogP contribution in [0.15, 0.2) is 36.5 Å². The number of carbonyl (C=O) groups excluding carboxylic acids is 1. The SMILES string of the molecule is COC(=O)Nc1nc2cc(Oc3cccc(F)c3)cnc2[nH]1. The van der Waals surface area contributed by atoms with Gasteiger partial charge in [0.15, 0.2) is 5.65 Å². The van der Waals surface area contributed by atoms with E-state index in [1.54, 1.807) is 18.2 Å². The first-order chi connectivity index (χ1) is 10.6. The number of anilines is 1. The fraction of sp³-hybridized carbons (Fsp3) is 0.0714. The first-order valence-corrected chi connectivity index (χ1v) is 6.28. The molecule has 2 heterocycles. The van der Waals surface area contributed by atoms with Crippen LogP contribution >= 0.6 is 0 Å². The second kappa shape index (κ2) is 5.68. The summed E-state index contributed by atoms with van der Waals surface area (Å²) in [6.45, 7) is 0. The highest BCUT2D eigenvalue weighted by Crippen LogP contribution is 2.24. The van der Waals surface area contributed by atoms with Gasteiger partial charge in [-0.15, -0.1) is 0 Å². The summed E-state index contributed by atoms with van der Waals surface area (Å²) in [5.74, 6) is 0.562. The summed E-state index contributed by atoms with van der Waals surface area (Å²) in [6.07, 6.45) is 0.822. The molecule has 0 atom stereocenters. The van der Waals surface area contributed by atoms with Gasteiger partial charge in [-0.2, -0.15) is 0 Å². The number of fused-ring (bicyclic) bond motifs is 1. The zero-order valence-electron chi connectivity index (χ0n) is 11.5. The lowest BCUT2D eigenvalue weighted by molar-refractivity contribution is 0.186. The lowest BCUT2D eigenvalue weighted by Gasteiger charge is -2.04. The molecule has 3 rings (SSSR count). The van der Waals surface area contributed by atoms with Crippen LogP contribution in [-0.4, -0.2) is 28.2 Å². The first-order valence-electron chi connectivity index (χ1n) is 6.28. The Kier molecular flexibility index (Phi) is 3.57. The maximum Gasteiger partial charge on any atom is 0.413 e. The molecule has 22 heavy (non-hydrogen) atoms. The summed E-state index contributed by atoms with van der Waals surface area (Å²) >= 11 is 0. The average Bonchev–Trinajstić information content (AvgIpc) is 2.88. The van der Waals surface area contributed by atoms with Gasteiger partial charge in [-0.1, -0.05) is 6.07 Å². The predicted octanol–water partition coefficient (Wildman–Crippen LogP) is 3.07. The van der Waals surface area contributed by atoms with Gasteiger partial charge in [0.2, 0.25) is 5.95 Å². The molecule has 7 nitrogen and oxygen atoms in total. The Hall–Kier alpha value is -3.16. The van der Waals surface area contributed by atoms with Gasteiger partial charge in [-0.3, -0.25) is 5.32 Å². The predicted molar refractivity (Wildman–Crippen MR) is 76.4 cm³/mol. The summed E-state index contributed by atoms with van der Waals surface area (Å²) in [5, 5.41) is 2.40. The average molecular weight is 302 g/mol. The molecule has 0 radical (unpaired) electrons. The molecule has 0 fully saturated rings. The first kappa shape index (κ1) is 13.8. The highest BCUT2D eigenvalue weighted by Gasteiger charge is 2.09. The number of hydrogen-bond acceptors (Lipinski definition) is 5. The minimum absolute atomic E-state index is 0.206. The summed E-state index contributed by atoms with van der Waals surface area (Å²) < 4.78 is 23.1. The number of carbonyl (C=O) groups is 1. The monoisotopic (exact) mass is 302 g/mol. The van der Waals surface area contributed by atoms with Gasteiger partial charge in [0.1, 0.15) is 22.8 Å². The summed E-state index contributed by atoms with van der Waals surface area (Å²) in [5.41, 5.74) is 0.957. The maximum atomic E-state index is 13.1. The highest BCUT2D eigenvalue weighted by atomic mass is 19.1. The lowest BCUT2D eigenvalue weighted by atomic mass is 10.3. The van der Waals surface area contributed by atoms with Crippen molar-refractivity contribution in [2.45, 2.75) is 0 Å². The second-order valence-electron chi connectivity index (χ2n) is 4.30. The van der Waals surface area contributed by atoms with Gasteiger partial charge in [-0.25, -0.2) is 19.2 Å². The van der Waals surface area contributed by atoms with E-state index in [1.165, 1.54) is 25.4 Å². The van der Waals surface area contributed by atoms with E-state index in [9.17, 15) is 9.18 Å². The molecule has 1 aromatic carbocycles. The summed E-state index contributed by atoms with van der Waals surface area (Å²) in [4.78, 5) is 22.2. The van der Waals surface area contributed by atoms with Crippen LogP contribution in [0, 0.1) is 5.82 Å². The number of ether oxygens (including phenoxy) is 2. The zero-order chi connectivity index (χ0) is 15.5. The molecular formula is C14H11FN4O3. The van der Waals surface area contributed by atoms with E-state index in [-0.39, 0.29) is 5.95 Å². The summed E-state index contributed by atoms with van der Waals surface area (Å²) in [6, 6.07) is 7.38. The number of aromatic amines is 1. The van der Waals surface area contributed by atoms with Gasteiger partial charge in [0.25, 0.3) is 0 Å². The van der Waals surface area contributed by atoms with Crippen molar-refractivity contribution in [2.24, 2.45) is 0 Å². The molecule has 0 aliphatic heterocycles. The Morgan fingerprint density at radius 1 is 1.32 bits per heavy atom. The number of amides is 1. The van der Waals surface area contributed by atoms with Crippen molar-refractivity contribution < 1.29 is 18.7 Å². The largest absolute Gasteiger partial charge is 0.456 e. The number of pyridine rings is 1. The van der Waals surface area contributed by atoms with Crippen LogP contribution < -0.4 is 10.1 Å². The van der Waals surface area contributed by atoms with Crippen LogP contribution in [0.4, 0.5) is 15.1 Å². The van der Waals surface area contributed by atoms with Crippen LogP contribution in [0.2, 0.25) is 0 Å². The molecule has 1 amide bonds. The molecule has 2 N–H and O–H groups in total. The van der Waals surface area contributed by atoms with Gasteiger partial charge >= 0.3 is 6.09 Å². The topological polar surface area (TPSA) is 89.1 Å².